The third kappa shape index (κ3) is 4.82. The minimum atomic E-state index is -3.66. The summed E-state index contributed by atoms with van der Waals surface area (Å²) in [5, 5.41) is 6.78. The van der Waals surface area contributed by atoms with Crippen molar-refractivity contribution in [2.45, 2.75) is 57.9 Å². The highest BCUT2D eigenvalue weighted by Crippen LogP contribution is 2.28. The van der Waals surface area contributed by atoms with Gasteiger partial charge in [0.25, 0.3) is 0 Å². The molecule has 0 bridgehead atoms. The van der Waals surface area contributed by atoms with Gasteiger partial charge in [0.1, 0.15) is 10.6 Å². The van der Waals surface area contributed by atoms with Gasteiger partial charge in [0.15, 0.2) is 5.76 Å². The van der Waals surface area contributed by atoms with Crippen molar-refractivity contribution >= 4 is 28.3 Å². The number of piperidine rings is 1. The maximum absolute atomic E-state index is 12.8. The second-order valence-electron chi connectivity index (χ2n) is 7.60. The molecule has 8 nitrogen and oxygen atoms in total. The van der Waals surface area contributed by atoms with E-state index in [0.717, 1.165) is 0 Å². The molecule has 0 aliphatic carbocycles. The van der Waals surface area contributed by atoms with Crippen LogP contribution in [-0.4, -0.2) is 49.0 Å². The minimum Gasteiger partial charge on any atom is -0.360 e. The summed E-state index contributed by atoms with van der Waals surface area (Å²) in [6.07, 6.45) is 0.959. The SMILES string of the molecule is Cc1noc(C)c1S(=O)(=O)N1CCC(C(=O)NC(C)(CN)C(C)C)CC1.Cl. The van der Waals surface area contributed by atoms with Crippen molar-refractivity contribution < 1.29 is 17.7 Å². The summed E-state index contributed by atoms with van der Waals surface area (Å²) in [4.78, 5) is 12.7. The van der Waals surface area contributed by atoms with Gasteiger partial charge in [0.05, 0.1) is 5.54 Å². The van der Waals surface area contributed by atoms with E-state index in [-0.39, 0.29) is 40.8 Å². The van der Waals surface area contributed by atoms with E-state index in [0.29, 0.717) is 38.2 Å². The number of carbonyl (C=O) groups is 1. The molecule has 1 aliphatic heterocycles. The highest BCUT2D eigenvalue weighted by molar-refractivity contribution is 7.89. The number of carbonyl (C=O) groups excluding carboxylic acids is 1. The zero-order valence-electron chi connectivity index (χ0n) is 16.6. The summed E-state index contributed by atoms with van der Waals surface area (Å²) in [5.41, 5.74) is 5.73. The predicted molar refractivity (Wildman–Crippen MR) is 105 cm³/mol. The number of hydrogen-bond acceptors (Lipinski definition) is 6. The molecule has 2 heterocycles. The molecule has 0 saturated carbocycles. The fraction of sp³-hybridized carbons (Fsp3) is 0.765. The van der Waals surface area contributed by atoms with Gasteiger partial charge in [-0.1, -0.05) is 19.0 Å². The molecule has 0 spiro atoms. The summed E-state index contributed by atoms with van der Waals surface area (Å²) in [7, 11) is -3.66. The maximum atomic E-state index is 12.8. The van der Waals surface area contributed by atoms with Gasteiger partial charge in [0, 0.05) is 25.6 Å². The molecule has 1 aromatic rings. The first-order valence-corrected chi connectivity index (χ1v) is 10.4. The van der Waals surface area contributed by atoms with Crippen LogP contribution >= 0.6 is 12.4 Å². The number of aromatic nitrogens is 1. The van der Waals surface area contributed by atoms with E-state index in [2.05, 4.69) is 10.5 Å². The van der Waals surface area contributed by atoms with Crippen molar-refractivity contribution in [3.05, 3.63) is 11.5 Å². The zero-order chi connectivity index (χ0) is 19.7. The van der Waals surface area contributed by atoms with Crippen molar-refractivity contribution in [1.82, 2.24) is 14.8 Å². The Kier molecular flexibility index (Phi) is 7.87. The Balaban J connectivity index is 0.00000364. The first kappa shape index (κ1) is 23.9. The van der Waals surface area contributed by atoms with E-state index in [1.807, 2.05) is 20.8 Å². The third-order valence-corrected chi connectivity index (χ3v) is 7.64. The lowest BCUT2D eigenvalue weighted by Crippen LogP contribution is -2.57. The molecule has 156 valence electrons. The molecule has 1 fully saturated rings. The normalized spacial score (nSPS) is 18.8. The number of nitrogens with zero attached hydrogens (tertiary/aromatic N) is 2. The molecule has 1 atom stereocenters. The molecule has 1 aliphatic rings. The molecule has 3 N–H and O–H groups in total. The van der Waals surface area contributed by atoms with E-state index in [1.165, 1.54) is 4.31 Å². The van der Waals surface area contributed by atoms with E-state index in [9.17, 15) is 13.2 Å². The zero-order valence-corrected chi connectivity index (χ0v) is 18.2. The van der Waals surface area contributed by atoms with Crippen LogP contribution in [0.3, 0.4) is 0 Å². The molecule has 2 rings (SSSR count). The van der Waals surface area contributed by atoms with Gasteiger partial charge >= 0.3 is 0 Å². The van der Waals surface area contributed by atoms with Crippen molar-refractivity contribution in [2.24, 2.45) is 17.6 Å². The Morgan fingerprint density at radius 3 is 2.33 bits per heavy atom. The Labute approximate surface area is 167 Å². The lowest BCUT2D eigenvalue weighted by molar-refractivity contribution is -0.128. The van der Waals surface area contributed by atoms with Crippen LogP contribution in [-0.2, 0) is 14.8 Å². The second kappa shape index (κ2) is 8.89. The average Bonchev–Trinajstić information content (AvgIpc) is 2.93. The highest BCUT2D eigenvalue weighted by Gasteiger charge is 2.37. The summed E-state index contributed by atoms with van der Waals surface area (Å²) < 4.78 is 32.1. The third-order valence-electron chi connectivity index (χ3n) is 5.50. The molecule has 10 heteroatoms. The molecular formula is C17H31ClN4O4S. The summed E-state index contributed by atoms with van der Waals surface area (Å²) in [6, 6.07) is 0. The van der Waals surface area contributed by atoms with Gasteiger partial charge in [0.2, 0.25) is 15.9 Å². The molecule has 0 radical (unpaired) electrons. The molecular weight excluding hydrogens is 392 g/mol. The summed E-state index contributed by atoms with van der Waals surface area (Å²) >= 11 is 0. The maximum Gasteiger partial charge on any atom is 0.248 e. The fourth-order valence-electron chi connectivity index (χ4n) is 3.14. The fourth-order valence-corrected chi connectivity index (χ4v) is 4.91. The Morgan fingerprint density at radius 1 is 1.37 bits per heavy atom. The number of aryl methyl sites for hydroxylation is 2. The lowest BCUT2D eigenvalue weighted by atomic mass is 9.87. The quantitative estimate of drug-likeness (QED) is 0.718. The van der Waals surface area contributed by atoms with Crippen LogP contribution in [0.25, 0.3) is 0 Å². The van der Waals surface area contributed by atoms with Gasteiger partial charge in [-0.3, -0.25) is 4.79 Å². The monoisotopic (exact) mass is 422 g/mol. The van der Waals surface area contributed by atoms with Crippen LogP contribution in [0.1, 0.15) is 45.1 Å². The largest absolute Gasteiger partial charge is 0.360 e. The van der Waals surface area contributed by atoms with Gasteiger partial charge in [-0.2, -0.15) is 4.31 Å². The van der Waals surface area contributed by atoms with E-state index < -0.39 is 15.6 Å². The van der Waals surface area contributed by atoms with Crippen molar-refractivity contribution in [1.29, 1.82) is 0 Å². The number of amides is 1. The molecule has 1 aromatic heterocycles. The van der Waals surface area contributed by atoms with Gasteiger partial charge in [-0.25, -0.2) is 8.42 Å². The lowest BCUT2D eigenvalue weighted by Gasteiger charge is -2.37. The topological polar surface area (TPSA) is 119 Å². The highest BCUT2D eigenvalue weighted by atomic mass is 35.5. The van der Waals surface area contributed by atoms with E-state index in [1.54, 1.807) is 13.8 Å². The van der Waals surface area contributed by atoms with Crippen LogP contribution in [0.4, 0.5) is 0 Å². The number of nitrogens with one attached hydrogen (secondary N) is 1. The van der Waals surface area contributed by atoms with Crippen LogP contribution in [0, 0.1) is 25.7 Å². The Bertz CT molecular complexity index is 737. The molecule has 27 heavy (non-hydrogen) atoms. The van der Waals surface area contributed by atoms with Gasteiger partial charge in [-0.15, -0.1) is 12.4 Å². The van der Waals surface area contributed by atoms with Crippen molar-refractivity contribution in [3.8, 4) is 0 Å². The Hall–Kier alpha value is -1.16. The van der Waals surface area contributed by atoms with Crippen molar-refractivity contribution in [2.75, 3.05) is 19.6 Å². The van der Waals surface area contributed by atoms with Crippen LogP contribution < -0.4 is 11.1 Å². The Morgan fingerprint density at radius 2 is 1.93 bits per heavy atom. The smallest absolute Gasteiger partial charge is 0.248 e. The number of nitrogens with two attached hydrogens (primary N) is 1. The number of rotatable bonds is 6. The number of halogens is 1. The van der Waals surface area contributed by atoms with Crippen LogP contribution in [0.2, 0.25) is 0 Å². The summed E-state index contributed by atoms with van der Waals surface area (Å²) in [5.74, 6) is 0.228. The van der Waals surface area contributed by atoms with Gasteiger partial charge < -0.3 is 15.6 Å². The van der Waals surface area contributed by atoms with Crippen molar-refractivity contribution in [3.63, 3.8) is 0 Å². The first-order valence-electron chi connectivity index (χ1n) is 8.98. The number of hydrogen-bond donors (Lipinski definition) is 2. The van der Waals surface area contributed by atoms with E-state index in [4.69, 9.17) is 10.3 Å². The minimum absolute atomic E-state index is 0. The standard InChI is InChI=1S/C17H30N4O4S.ClH/c1-11(2)17(5,10-18)19-16(22)14-6-8-21(9-7-14)26(23,24)15-12(3)20-25-13(15)4;/h11,14H,6-10,18H2,1-5H3,(H,19,22);1H. The van der Waals surface area contributed by atoms with Crippen LogP contribution in [0.15, 0.2) is 9.42 Å². The second-order valence-corrected chi connectivity index (χ2v) is 9.47. The molecule has 1 saturated heterocycles. The molecule has 1 unspecified atom stereocenters. The molecule has 0 aromatic carbocycles. The average molecular weight is 423 g/mol. The molecule has 1 amide bonds. The summed E-state index contributed by atoms with van der Waals surface area (Å²) in [6.45, 7) is 10.1. The predicted octanol–water partition coefficient (Wildman–Crippen LogP) is 1.60. The van der Waals surface area contributed by atoms with E-state index >= 15 is 0 Å². The number of sulfonamides is 1. The first-order chi connectivity index (χ1) is 12.0. The van der Waals surface area contributed by atoms with Gasteiger partial charge in [-0.05, 0) is 39.5 Å². The van der Waals surface area contributed by atoms with Crippen LogP contribution in [0.5, 0.6) is 0 Å².